The number of aryl methyl sites for hydroxylation is 3. The number of nitrogens with zero attached hydrogens (tertiary/aromatic N) is 1. The summed E-state index contributed by atoms with van der Waals surface area (Å²) in [6, 6.07) is 11.4. The smallest absolute Gasteiger partial charge is 0.200 e. The number of quaternary nitrogens is 1. The van der Waals surface area contributed by atoms with Gasteiger partial charge in [-0.25, -0.2) is 0 Å². The van der Waals surface area contributed by atoms with Crippen molar-refractivity contribution in [2.45, 2.75) is 51.7 Å². The van der Waals surface area contributed by atoms with E-state index in [0.717, 1.165) is 25.2 Å². The Morgan fingerprint density at radius 1 is 1.10 bits per heavy atom. The quantitative estimate of drug-likeness (QED) is 0.696. The Morgan fingerprint density at radius 3 is 2.60 bits per heavy atom. The van der Waals surface area contributed by atoms with Gasteiger partial charge < -0.3 is 24.0 Å². The van der Waals surface area contributed by atoms with Gasteiger partial charge in [-0.2, -0.15) is 0 Å². The fraction of sp³-hybridized carbons (Fsp3) is 0.440. The second-order valence-electron chi connectivity index (χ2n) is 8.77. The summed E-state index contributed by atoms with van der Waals surface area (Å²) in [4.78, 5) is 1.60. The van der Waals surface area contributed by atoms with Gasteiger partial charge in [0.15, 0.2) is 11.5 Å². The third kappa shape index (κ3) is 3.03. The highest BCUT2D eigenvalue weighted by Gasteiger charge is 2.36. The predicted octanol–water partition coefficient (Wildman–Crippen LogP) is 3.54. The van der Waals surface area contributed by atoms with Crippen LogP contribution in [0, 0.1) is 6.92 Å². The predicted molar refractivity (Wildman–Crippen MR) is 118 cm³/mol. The highest BCUT2D eigenvalue weighted by molar-refractivity contribution is 5.86. The van der Waals surface area contributed by atoms with Crippen molar-refractivity contribution in [2.24, 2.45) is 0 Å². The Bertz CT molecular complexity index is 1070. The van der Waals surface area contributed by atoms with Crippen LogP contribution in [0.25, 0.3) is 10.9 Å². The Morgan fingerprint density at radius 2 is 1.87 bits per heavy atom. The molecule has 1 unspecified atom stereocenters. The number of hydrogen-bond acceptors (Lipinski definition) is 3. The monoisotopic (exact) mass is 407 g/mol. The molecular formula is C25H31N2O3+. The molecule has 1 aliphatic heterocycles. The van der Waals surface area contributed by atoms with Crippen molar-refractivity contribution in [1.82, 2.24) is 4.57 Å². The molecule has 0 saturated heterocycles. The van der Waals surface area contributed by atoms with Crippen LogP contribution in [0.5, 0.6) is 17.2 Å². The van der Waals surface area contributed by atoms with Crippen LogP contribution in [0.2, 0.25) is 0 Å². The summed E-state index contributed by atoms with van der Waals surface area (Å²) in [5, 5.41) is 11.7. The number of benzene rings is 2. The third-order valence-electron chi connectivity index (χ3n) is 6.96. The van der Waals surface area contributed by atoms with Gasteiger partial charge in [-0.05, 0) is 49.6 Å². The Kier molecular flexibility index (Phi) is 4.86. The van der Waals surface area contributed by atoms with E-state index >= 15 is 0 Å². The maximum absolute atomic E-state index is 10.3. The van der Waals surface area contributed by atoms with E-state index in [0.29, 0.717) is 17.5 Å². The first-order valence-corrected chi connectivity index (χ1v) is 11.0. The topological polar surface area (TPSA) is 48.1 Å². The van der Waals surface area contributed by atoms with Crippen LogP contribution < -0.4 is 14.4 Å². The van der Waals surface area contributed by atoms with Crippen LogP contribution in [-0.4, -0.2) is 30.4 Å². The lowest BCUT2D eigenvalue weighted by atomic mass is 9.90. The molecule has 1 aromatic heterocycles. The number of hydrogen-bond donors (Lipinski definition) is 2. The first-order chi connectivity index (χ1) is 14.6. The molecular weight excluding hydrogens is 376 g/mol. The van der Waals surface area contributed by atoms with Gasteiger partial charge in [-0.15, -0.1) is 0 Å². The molecule has 2 atom stereocenters. The van der Waals surface area contributed by atoms with E-state index in [2.05, 4.69) is 29.7 Å². The third-order valence-corrected chi connectivity index (χ3v) is 6.96. The Labute approximate surface area is 177 Å². The first kappa shape index (κ1) is 19.3. The summed E-state index contributed by atoms with van der Waals surface area (Å²) in [6.07, 6.45) is 4.83. The minimum Gasteiger partial charge on any atom is -0.502 e. The number of aromatic hydroxyl groups is 1. The van der Waals surface area contributed by atoms with Crippen LogP contribution in [0.4, 0.5) is 0 Å². The number of fused-ring (bicyclic) bond motifs is 3. The lowest BCUT2D eigenvalue weighted by Gasteiger charge is -2.31. The lowest BCUT2D eigenvalue weighted by Crippen LogP contribution is -3.11. The zero-order valence-corrected chi connectivity index (χ0v) is 18.1. The van der Waals surface area contributed by atoms with E-state index in [1.807, 2.05) is 12.1 Å². The van der Waals surface area contributed by atoms with Gasteiger partial charge in [0.1, 0.15) is 12.6 Å². The fourth-order valence-electron chi connectivity index (χ4n) is 5.64. The van der Waals surface area contributed by atoms with Gasteiger partial charge in [0, 0.05) is 35.9 Å². The Hall–Kier alpha value is -2.66. The molecule has 158 valence electrons. The maximum Gasteiger partial charge on any atom is 0.200 e. The van der Waals surface area contributed by atoms with Crippen LogP contribution in [0.1, 0.15) is 47.7 Å². The first-order valence-electron chi connectivity index (χ1n) is 11.0. The number of aromatic nitrogens is 1. The van der Waals surface area contributed by atoms with Gasteiger partial charge in [0.05, 0.1) is 26.5 Å². The SMILES string of the molecule is COc1cc(C[NH+]2CCCn3c4c(c5cc(C)ccc53)CCC[C@H]42)cc(OC)c1O. The second-order valence-corrected chi connectivity index (χ2v) is 8.77. The van der Waals surface area contributed by atoms with Gasteiger partial charge in [0.25, 0.3) is 0 Å². The number of nitrogens with one attached hydrogen (secondary N) is 1. The molecule has 30 heavy (non-hydrogen) atoms. The van der Waals surface area contributed by atoms with Gasteiger partial charge >= 0.3 is 0 Å². The average molecular weight is 408 g/mol. The van der Waals surface area contributed by atoms with E-state index in [1.165, 1.54) is 42.1 Å². The molecule has 2 aromatic carbocycles. The molecule has 2 heterocycles. The number of methoxy groups -OCH3 is 2. The van der Waals surface area contributed by atoms with Gasteiger partial charge in [-0.1, -0.05) is 11.6 Å². The fourth-order valence-corrected chi connectivity index (χ4v) is 5.64. The summed E-state index contributed by atoms with van der Waals surface area (Å²) in [5.74, 6) is 1.03. The van der Waals surface area contributed by atoms with E-state index in [9.17, 15) is 5.11 Å². The van der Waals surface area contributed by atoms with Crippen molar-refractivity contribution in [3.8, 4) is 17.2 Å². The van der Waals surface area contributed by atoms with Crippen LogP contribution >= 0.6 is 0 Å². The van der Waals surface area contributed by atoms with Crippen molar-refractivity contribution in [1.29, 1.82) is 0 Å². The number of ether oxygens (including phenoxy) is 2. The highest BCUT2D eigenvalue weighted by atomic mass is 16.5. The molecule has 5 nitrogen and oxygen atoms in total. The number of phenolic OH excluding ortho intramolecular Hbond substituents is 1. The zero-order chi connectivity index (χ0) is 20.8. The van der Waals surface area contributed by atoms with Crippen molar-refractivity contribution in [2.75, 3.05) is 20.8 Å². The van der Waals surface area contributed by atoms with Crippen molar-refractivity contribution >= 4 is 10.9 Å². The van der Waals surface area contributed by atoms with Gasteiger partial charge in [0.2, 0.25) is 5.75 Å². The molecule has 0 spiro atoms. The van der Waals surface area contributed by atoms with Crippen molar-refractivity contribution in [3.05, 3.63) is 52.7 Å². The van der Waals surface area contributed by atoms with Crippen LogP contribution in [-0.2, 0) is 19.5 Å². The van der Waals surface area contributed by atoms with E-state index in [4.69, 9.17) is 9.47 Å². The zero-order valence-electron chi connectivity index (χ0n) is 18.1. The van der Waals surface area contributed by atoms with E-state index < -0.39 is 0 Å². The molecule has 0 amide bonds. The lowest BCUT2D eigenvalue weighted by molar-refractivity contribution is -0.945. The minimum atomic E-state index is 0.0741. The molecule has 3 aromatic rings. The summed E-state index contributed by atoms with van der Waals surface area (Å²) >= 11 is 0. The van der Waals surface area contributed by atoms with E-state index in [-0.39, 0.29) is 5.75 Å². The van der Waals surface area contributed by atoms with Gasteiger partial charge in [-0.3, -0.25) is 0 Å². The molecule has 5 heteroatoms. The molecule has 1 aliphatic carbocycles. The summed E-state index contributed by atoms with van der Waals surface area (Å²) in [6.45, 7) is 5.33. The van der Waals surface area contributed by atoms with E-state index in [1.54, 1.807) is 30.4 Å². The molecule has 0 radical (unpaired) electrons. The standard InChI is InChI=1S/C25H30N2O3/c1-16-8-9-20-19(12-16)18-6-4-7-21-24(18)27(20)11-5-10-26(21)15-17-13-22(29-2)25(28)23(14-17)30-3/h8-9,12-14,21,28H,4-7,10-11,15H2,1-3H3/p+1/t21-/m1/s1. The summed E-state index contributed by atoms with van der Waals surface area (Å²) in [7, 11) is 3.18. The normalized spacial score (nSPS) is 20.6. The molecule has 2 aliphatic rings. The second kappa shape index (κ2) is 7.55. The van der Waals surface area contributed by atoms with Crippen LogP contribution in [0.3, 0.4) is 0 Å². The summed E-state index contributed by atoms with van der Waals surface area (Å²) < 4.78 is 13.4. The molecule has 0 fully saturated rings. The summed E-state index contributed by atoms with van der Waals surface area (Å²) in [5.41, 5.74) is 7.03. The minimum absolute atomic E-state index is 0.0741. The van der Waals surface area contributed by atoms with Crippen LogP contribution in [0.15, 0.2) is 30.3 Å². The maximum atomic E-state index is 10.3. The molecule has 2 N–H and O–H groups in total. The number of rotatable bonds is 4. The highest BCUT2D eigenvalue weighted by Crippen LogP contribution is 2.39. The largest absolute Gasteiger partial charge is 0.502 e. The van der Waals surface area contributed by atoms with Crippen molar-refractivity contribution in [3.63, 3.8) is 0 Å². The Balaban J connectivity index is 1.56. The molecule has 0 bridgehead atoms. The average Bonchev–Trinajstić information content (AvgIpc) is 2.94. The molecule has 0 saturated carbocycles. The molecule has 5 rings (SSSR count). The van der Waals surface area contributed by atoms with Crippen molar-refractivity contribution < 1.29 is 19.5 Å². The number of phenols is 1.